The summed E-state index contributed by atoms with van der Waals surface area (Å²) in [6.07, 6.45) is 77.3. The van der Waals surface area contributed by atoms with Crippen molar-refractivity contribution in [2.45, 2.75) is 360 Å². The van der Waals surface area contributed by atoms with Gasteiger partial charge in [0.05, 0.1) is 25.4 Å². The first-order valence-corrected chi connectivity index (χ1v) is 32.2. The van der Waals surface area contributed by atoms with E-state index in [9.17, 15) is 19.8 Å². The molecule has 2 atom stereocenters. The Morgan fingerprint density at radius 2 is 0.708 bits per heavy atom. The number of esters is 1. The lowest BCUT2D eigenvalue weighted by Crippen LogP contribution is -2.45. The first-order valence-electron chi connectivity index (χ1n) is 32.2. The maximum Gasteiger partial charge on any atom is 0.305 e. The van der Waals surface area contributed by atoms with Crippen LogP contribution in [0.5, 0.6) is 0 Å². The molecule has 2 unspecified atom stereocenters. The summed E-state index contributed by atoms with van der Waals surface area (Å²) in [4.78, 5) is 24.5. The quantitative estimate of drug-likeness (QED) is 0.0320. The molecular formula is C66H125NO5. The van der Waals surface area contributed by atoms with Crippen LogP contribution in [0.4, 0.5) is 0 Å². The zero-order valence-corrected chi connectivity index (χ0v) is 48.4. The fraction of sp³-hybridized carbons (Fsp3) is 0.879. The number of hydrogen-bond donors (Lipinski definition) is 3. The average Bonchev–Trinajstić information content (AvgIpc) is 3.38. The molecule has 1 amide bonds. The molecule has 424 valence electrons. The van der Waals surface area contributed by atoms with Crippen molar-refractivity contribution in [2.75, 3.05) is 13.2 Å². The summed E-state index contributed by atoms with van der Waals surface area (Å²) in [6, 6.07) is -0.547. The lowest BCUT2D eigenvalue weighted by atomic mass is 10.0. The third kappa shape index (κ3) is 57.4. The molecule has 0 aromatic heterocycles. The van der Waals surface area contributed by atoms with Crippen molar-refractivity contribution in [3.8, 4) is 0 Å². The summed E-state index contributed by atoms with van der Waals surface area (Å²) in [6.45, 7) is 4.93. The average molecular weight is 1010 g/mol. The van der Waals surface area contributed by atoms with E-state index in [2.05, 4.69) is 55.6 Å². The maximum absolute atomic E-state index is 12.5. The number of carbonyl (C=O) groups excluding carboxylic acids is 2. The Hall–Kier alpha value is -1.92. The van der Waals surface area contributed by atoms with Gasteiger partial charge in [0.25, 0.3) is 0 Å². The smallest absolute Gasteiger partial charge is 0.305 e. The standard InChI is InChI=1S/C66H125NO5/c1-3-5-7-9-11-13-15-16-17-18-26-29-32-35-39-42-46-50-54-58-64(69)63(62-68)67-65(70)59-55-51-47-43-40-36-33-30-27-24-22-20-19-21-23-25-28-31-34-37-41-45-49-53-57-61-72-66(71)60-56-52-48-44-38-14-12-10-8-6-4-2/h10,12,20-23,63-64,68-69H,3-9,11,13-19,24-62H2,1-2H3,(H,67,70)/b12-10-,22-20-,23-21-. The molecule has 6 heteroatoms. The monoisotopic (exact) mass is 1010 g/mol. The predicted octanol–water partition coefficient (Wildman–Crippen LogP) is 20.4. The van der Waals surface area contributed by atoms with Gasteiger partial charge in [0, 0.05) is 12.8 Å². The third-order valence-electron chi connectivity index (χ3n) is 14.9. The van der Waals surface area contributed by atoms with Gasteiger partial charge in [-0.1, -0.05) is 294 Å². The van der Waals surface area contributed by atoms with Crippen LogP contribution in [0.2, 0.25) is 0 Å². The van der Waals surface area contributed by atoms with Crippen LogP contribution in [-0.4, -0.2) is 47.4 Å². The van der Waals surface area contributed by atoms with Crippen molar-refractivity contribution in [1.82, 2.24) is 5.32 Å². The van der Waals surface area contributed by atoms with E-state index in [1.165, 1.54) is 263 Å². The highest BCUT2D eigenvalue weighted by Gasteiger charge is 2.20. The van der Waals surface area contributed by atoms with Crippen LogP contribution >= 0.6 is 0 Å². The highest BCUT2D eigenvalue weighted by Crippen LogP contribution is 2.18. The fourth-order valence-corrected chi connectivity index (χ4v) is 9.95. The fourth-order valence-electron chi connectivity index (χ4n) is 9.95. The van der Waals surface area contributed by atoms with Gasteiger partial charge in [-0.05, 0) is 77.0 Å². The van der Waals surface area contributed by atoms with Crippen molar-refractivity contribution in [3.63, 3.8) is 0 Å². The Morgan fingerprint density at radius 3 is 1.11 bits per heavy atom. The number of aliphatic hydroxyl groups excluding tert-OH is 2. The van der Waals surface area contributed by atoms with E-state index in [0.717, 1.165) is 51.4 Å². The molecule has 0 radical (unpaired) electrons. The minimum atomic E-state index is -0.669. The van der Waals surface area contributed by atoms with Crippen molar-refractivity contribution in [3.05, 3.63) is 36.5 Å². The number of nitrogens with one attached hydrogen (secondary N) is 1. The number of allylic oxidation sites excluding steroid dienone is 6. The molecule has 0 heterocycles. The molecule has 72 heavy (non-hydrogen) atoms. The van der Waals surface area contributed by atoms with Gasteiger partial charge in [-0.3, -0.25) is 9.59 Å². The Bertz CT molecular complexity index is 1170. The molecule has 0 saturated carbocycles. The number of amides is 1. The van der Waals surface area contributed by atoms with Crippen molar-refractivity contribution < 1.29 is 24.5 Å². The van der Waals surface area contributed by atoms with Crippen LogP contribution in [0.25, 0.3) is 0 Å². The van der Waals surface area contributed by atoms with E-state index in [1.807, 2.05) is 0 Å². The number of aliphatic hydroxyl groups is 2. The summed E-state index contributed by atoms with van der Waals surface area (Å²) in [7, 11) is 0. The van der Waals surface area contributed by atoms with Gasteiger partial charge in [-0.2, -0.15) is 0 Å². The van der Waals surface area contributed by atoms with Gasteiger partial charge in [0.2, 0.25) is 5.91 Å². The van der Waals surface area contributed by atoms with Crippen molar-refractivity contribution in [1.29, 1.82) is 0 Å². The summed E-state index contributed by atoms with van der Waals surface area (Å²) in [5, 5.41) is 23.4. The second-order valence-electron chi connectivity index (χ2n) is 22.1. The molecule has 0 fully saturated rings. The first kappa shape index (κ1) is 70.1. The van der Waals surface area contributed by atoms with Gasteiger partial charge >= 0.3 is 5.97 Å². The van der Waals surface area contributed by atoms with E-state index in [-0.39, 0.29) is 18.5 Å². The van der Waals surface area contributed by atoms with E-state index in [0.29, 0.717) is 25.9 Å². The van der Waals surface area contributed by atoms with Crippen LogP contribution in [-0.2, 0) is 14.3 Å². The Balaban J connectivity index is 3.44. The molecular weight excluding hydrogens is 887 g/mol. The first-order chi connectivity index (χ1) is 35.5. The summed E-state index contributed by atoms with van der Waals surface area (Å²) < 4.78 is 5.45. The molecule has 0 rings (SSSR count). The van der Waals surface area contributed by atoms with E-state index in [1.54, 1.807) is 0 Å². The minimum Gasteiger partial charge on any atom is -0.466 e. The molecule has 6 nitrogen and oxygen atoms in total. The third-order valence-corrected chi connectivity index (χ3v) is 14.9. The number of unbranched alkanes of at least 4 members (excludes halogenated alkanes) is 43. The molecule has 3 N–H and O–H groups in total. The van der Waals surface area contributed by atoms with Crippen LogP contribution in [0.15, 0.2) is 36.5 Å². The van der Waals surface area contributed by atoms with Gasteiger partial charge in [-0.25, -0.2) is 0 Å². The highest BCUT2D eigenvalue weighted by atomic mass is 16.5. The zero-order chi connectivity index (χ0) is 52.2. The lowest BCUT2D eigenvalue weighted by molar-refractivity contribution is -0.143. The van der Waals surface area contributed by atoms with Crippen LogP contribution in [0.1, 0.15) is 348 Å². The van der Waals surface area contributed by atoms with Crippen LogP contribution in [0.3, 0.4) is 0 Å². The number of carbonyl (C=O) groups is 2. The Morgan fingerprint density at radius 1 is 0.389 bits per heavy atom. The number of hydrogen-bond acceptors (Lipinski definition) is 5. The van der Waals surface area contributed by atoms with Gasteiger partial charge in [-0.15, -0.1) is 0 Å². The normalized spacial score (nSPS) is 12.8. The Kier molecular flexibility index (Phi) is 60.0. The van der Waals surface area contributed by atoms with Gasteiger partial charge < -0.3 is 20.3 Å². The topological polar surface area (TPSA) is 95.9 Å². The van der Waals surface area contributed by atoms with Gasteiger partial charge in [0.15, 0.2) is 0 Å². The van der Waals surface area contributed by atoms with E-state index in [4.69, 9.17) is 4.74 Å². The number of rotatable bonds is 60. The molecule has 0 aromatic rings. The predicted molar refractivity (Wildman–Crippen MR) is 315 cm³/mol. The lowest BCUT2D eigenvalue weighted by Gasteiger charge is -2.22. The molecule has 0 aromatic carbocycles. The SMILES string of the molecule is CCCC/C=C\CCCCCCCC(=O)OCCCCCCCCCCC/C=C\C/C=C\CCCCCCCCCCCC(=O)NC(CO)C(O)CCCCCCCCCCCCCCCCCCCCC. The second kappa shape index (κ2) is 61.6. The van der Waals surface area contributed by atoms with Crippen molar-refractivity contribution in [2.24, 2.45) is 0 Å². The van der Waals surface area contributed by atoms with Crippen LogP contribution in [0, 0.1) is 0 Å². The van der Waals surface area contributed by atoms with Crippen molar-refractivity contribution >= 4 is 11.9 Å². The molecule has 0 aliphatic carbocycles. The minimum absolute atomic E-state index is 0.00198. The molecule has 0 aliphatic heterocycles. The Labute approximate surface area is 449 Å². The highest BCUT2D eigenvalue weighted by molar-refractivity contribution is 5.76. The largest absolute Gasteiger partial charge is 0.466 e. The van der Waals surface area contributed by atoms with Crippen LogP contribution < -0.4 is 5.32 Å². The molecule has 0 saturated heterocycles. The molecule has 0 aliphatic rings. The molecule has 0 bridgehead atoms. The maximum atomic E-state index is 12.5. The number of ether oxygens (including phenoxy) is 1. The van der Waals surface area contributed by atoms with E-state index >= 15 is 0 Å². The van der Waals surface area contributed by atoms with E-state index < -0.39 is 12.1 Å². The summed E-state index contributed by atoms with van der Waals surface area (Å²) >= 11 is 0. The molecule has 0 spiro atoms. The summed E-state index contributed by atoms with van der Waals surface area (Å²) in [5.74, 6) is -0.0404. The van der Waals surface area contributed by atoms with Gasteiger partial charge in [0.1, 0.15) is 0 Å². The second-order valence-corrected chi connectivity index (χ2v) is 22.1. The summed E-state index contributed by atoms with van der Waals surface area (Å²) in [5.41, 5.74) is 0. The zero-order valence-electron chi connectivity index (χ0n) is 48.4.